The average molecular weight is 362 g/mol. The molecule has 1 N–H and O–H groups in total. The van der Waals surface area contributed by atoms with Gasteiger partial charge in [0.05, 0.1) is 12.2 Å². The first-order valence-electron chi connectivity index (χ1n) is 7.18. The summed E-state index contributed by atoms with van der Waals surface area (Å²) in [6.07, 6.45) is 4.48. The van der Waals surface area contributed by atoms with E-state index >= 15 is 0 Å². The number of amides is 1. The van der Waals surface area contributed by atoms with Crippen molar-refractivity contribution in [1.82, 2.24) is 9.88 Å². The summed E-state index contributed by atoms with van der Waals surface area (Å²) in [5.41, 5.74) is 3.18. The molecule has 116 valence electrons. The van der Waals surface area contributed by atoms with Crippen molar-refractivity contribution in [2.45, 2.75) is 13.3 Å². The van der Waals surface area contributed by atoms with Crippen LogP contribution in [0, 0.1) is 6.92 Å². The molecule has 0 aliphatic rings. The fourth-order valence-electron chi connectivity index (χ4n) is 2.10. The first kappa shape index (κ1) is 16.6. The monoisotopic (exact) mass is 361 g/mol. The van der Waals surface area contributed by atoms with Gasteiger partial charge in [0.15, 0.2) is 0 Å². The number of hydrogen-bond donors (Lipinski definition) is 1. The number of anilines is 1. The highest BCUT2D eigenvalue weighted by molar-refractivity contribution is 9.10. The van der Waals surface area contributed by atoms with E-state index in [0.717, 1.165) is 28.7 Å². The predicted molar refractivity (Wildman–Crippen MR) is 92.9 cm³/mol. The van der Waals surface area contributed by atoms with Crippen LogP contribution in [-0.2, 0) is 11.2 Å². The Labute approximate surface area is 139 Å². The van der Waals surface area contributed by atoms with Crippen molar-refractivity contribution in [3.63, 3.8) is 0 Å². The third-order valence-electron chi connectivity index (χ3n) is 3.34. The van der Waals surface area contributed by atoms with Crippen molar-refractivity contribution >= 4 is 27.5 Å². The first-order valence-corrected chi connectivity index (χ1v) is 7.97. The Morgan fingerprint density at radius 1 is 1.27 bits per heavy atom. The smallest absolute Gasteiger partial charge is 0.238 e. The van der Waals surface area contributed by atoms with Crippen LogP contribution >= 0.6 is 15.9 Å². The second-order valence-corrected chi connectivity index (χ2v) is 6.23. The van der Waals surface area contributed by atoms with Gasteiger partial charge in [0.25, 0.3) is 0 Å². The molecule has 1 amide bonds. The Hall–Kier alpha value is -1.72. The van der Waals surface area contributed by atoms with Crippen molar-refractivity contribution < 1.29 is 4.79 Å². The molecule has 0 atom stereocenters. The molecule has 0 saturated heterocycles. The van der Waals surface area contributed by atoms with Gasteiger partial charge in [-0.3, -0.25) is 14.7 Å². The van der Waals surface area contributed by atoms with E-state index in [-0.39, 0.29) is 5.91 Å². The third kappa shape index (κ3) is 5.24. The number of benzene rings is 1. The molecule has 0 bridgehead atoms. The number of rotatable bonds is 6. The Balaban J connectivity index is 1.81. The third-order valence-corrected chi connectivity index (χ3v) is 4.00. The highest BCUT2D eigenvalue weighted by atomic mass is 79.9. The number of nitrogens with one attached hydrogen (secondary N) is 1. The van der Waals surface area contributed by atoms with Gasteiger partial charge >= 0.3 is 0 Å². The van der Waals surface area contributed by atoms with E-state index in [1.54, 1.807) is 12.4 Å². The zero-order valence-corrected chi connectivity index (χ0v) is 14.4. The van der Waals surface area contributed by atoms with Gasteiger partial charge in [0.2, 0.25) is 5.91 Å². The number of halogens is 1. The predicted octanol–water partition coefficient (Wildman–Crippen LogP) is 3.27. The second-order valence-electron chi connectivity index (χ2n) is 5.37. The maximum Gasteiger partial charge on any atom is 0.238 e. The van der Waals surface area contributed by atoms with Gasteiger partial charge in [-0.25, -0.2) is 0 Å². The molecule has 1 heterocycles. The zero-order valence-electron chi connectivity index (χ0n) is 12.8. The summed E-state index contributed by atoms with van der Waals surface area (Å²) < 4.78 is 0.903. The Kier molecular flexibility index (Phi) is 6.10. The molecule has 5 heteroatoms. The summed E-state index contributed by atoms with van der Waals surface area (Å²) in [6.45, 7) is 3.21. The van der Waals surface area contributed by atoms with Crippen LogP contribution < -0.4 is 5.32 Å². The first-order chi connectivity index (χ1) is 10.5. The molecule has 4 nitrogen and oxygen atoms in total. The number of carbonyl (C=O) groups is 1. The minimum absolute atomic E-state index is 0.0122. The molecule has 1 aromatic carbocycles. The van der Waals surface area contributed by atoms with E-state index in [0.29, 0.717) is 6.54 Å². The van der Waals surface area contributed by atoms with Gasteiger partial charge in [-0.1, -0.05) is 6.07 Å². The molecule has 0 unspecified atom stereocenters. The van der Waals surface area contributed by atoms with E-state index in [9.17, 15) is 4.79 Å². The molecule has 0 radical (unpaired) electrons. The van der Waals surface area contributed by atoms with Crippen LogP contribution in [0.2, 0.25) is 0 Å². The van der Waals surface area contributed by atoms with Crippen LogP contribution in [0.15, 0.2) is 47.2 Å². The van der Waals surface area contributed by atoms with Crippen molar-refractivity contribution in [2.75, 3.05) is 25.5 Å². The SMILES string of the molecule is Cc1ccc(NC(=O)CN(C)CCc2ccncc2)c(Br)c1. The lowest BCUT2D eigenvalue weighted by molar-refractivity contribution is -0.117. The van der Waals surface area contributed by atoms with Crippen LogP contribution in [0.4, 0.5) is 5.69 Å². The summed E-state index contributed by atoms with van der Waals surface area (Å²) in [4.78, 5) is 18.1. The highest BCUT2D eigenvalue weighted by Crippen LogP contribution is 2.23. The summed E-state index contributed by atoms with van der Waals surface area (Å²) in [6, 6.07) is 9.87. The van der Waals surface area contributed by atoms with E-state index in [1.807, 2.05) is 49.2 Å². The zero-order chi connectivity index (χ0) is 15.9. The van der Waals surface area contributed by atoms with Crippen molar-refractivity contribution in [3.8, 4) is 0 Å². The largest absolute Gasteiger partial charge is 0.324 e. The fourth-order valence-corrected chi connectivity index (χ4v) is 2.70. The molecule has 0 fully saturated rings. The molecule has 1 aromatic heterocycles. The maximum atomic E-state index is 12.1. The molecule has 2 aromatic rings. The summed E-state index contributed by atoms with van der Waals surface area (Å²) in [5.74, 6) is -0.0122. The topological polar surface area (TPSA) is 45.2 Å². The normalized spacial score (nSPS) is 10.7. The lowest BCUT2D eigenvalue weighted by Crippen LogP contribution is -2.31. The number of likely N-dealkylation sites (N-methyl/N-ethyl adjacent to an activating group) is 1. The molecule has 0 saturated carbocycles. The lowest BCUT2D eigenvalue weighted by atomic mass is 10.2. The van der Waals surface area contributed by atoms with Gasteiger partial charge in [-0.05, 0) is 71.7 Å². The van der Waals surface area contributed by atoms with Crippen molar-refractivity contribution in [3.05, 3.63) is 58.3 Å². The van der Waals surface area contributed by atoms with Crippen LogP contribution in [-0.4, -0.2) is 35.9 Å². The van der Waals surface area contributed by atoms with Gasteiger partial charge in [0, 0.05) is 23.4 Å². The number of nitrogens with zero attached hydrogens (tertiary/aromatic N) is 2. The summed E-state index contributed by atoms with van der Waals surface area (Å²) in [7, 11) is 1.95. The summed E-state index contributed by atoms with van der Waals surface area (Å²) >= 11 is 3.47. The minimum atomic E-state index is -0.0122. The minimum Gasteiger partial charge on any atom is -0.324 e. The van der Waals surface area contributed by atoms with Gasteiger partial charge in [-0.2, -0.15) is 0 Å². The summed E-state index contributed by atoms with van der Waals surface area (Å²) in [5, 5.41) is 2.93. The molecule has 0 aliphatic heterocycles. The Morgan fingerprint density at radius 2 is 2.00 bits per heavy atom. The highest BCUT2D eigenvalue weighted by Gasteiger charge is 2.09. The van der Waals surface area contributed by atoms with Gasteiger partial charge in [0.1, 0.15) is 0 Å². The van der Waals surface area contributed by atoms with Crippen LogP contribution in [0.1, 0.15) is 11.1 Å². The maximum absolute atomic E-state index is 12.1. The number of carbonyl (C=O) groups excluding carboxylic acids is 1. The van der Waals surface area contributed by atoms with Gasteiger partial charge < -0.3 is 5.32 Å². The molecule has 0 aliphatic carbocycles. The molecular formula is C17H20BrN3O. The van der Waals surface area contributed by atoms with E-state index in [2.05, 4.69) is 26.2 Å². The van der Waals surface area contributed by atoms with E-state index in [4.69, 9.17) is 0 Å². The van der Waals surface area contributed by atoms with E-state index < -0.39 is 0 Å². The Bertz CT molecular complexity index is 631. The van der Waals surface area contributed by atoms with Crippen molar-refractivity contribution in [2.24, 2.45) is 0 Å². The Morgan fingerprint density at radius 3 is 2.68 bits per heavy atom. The number of hydrogen-bond acceptors (Lipinski definition) is 3. The standard InChI is InChI=1S/C17H20BrN3O/c1-13-3-4-16(15(18)11-13)20-17(22)12-21(2)10-7-14-5-8-19-9-6-14/h3-6,8-9,11H,7,10,12H2,1-2H3,(H,20,22). The van der Waals surface area contributed by atoms with Gasteiger partial charge in [-0.15, -0.1) is 0 Å². The van der Waals surface area contributed by atoms with Crippen molar-refractivity contribution in [1.29, 1.82) is 0 Å². The molecule has 0 spiro atoms. The fraction of sp³-hybridized carbons (Fsp3) is 0.294. The van der Waals surface area contributed by atoms with Crippen LogP contribution in [0.3, 0.4) is 0 Å². The number of aromatic nitrogens is 1. The lowest BCUT2D eigenvalue weighted by Gasteiger charge is -2.16. The average Bonchev–Trinajstić information content (AvgIpc) is 2.49. The van der Waals surface area contributed by atoms with E-state index in [1.165, 1.54) is 5.56 Å². The van der Waals surface area contributed by atoms with Crippen LogP contribution in [0.25, 0.3) is 0 Å². The molecule has 2 rings (SSSR count). The van der Waals surface area contributed by atoms with Crippen LogP contribution in [0.5, 0.6) is 0 Å². The second kappa shape index (κ2) is 8.06. The number of aryl methyl sites for hydroxylation is 1. The number of pyridine rings is 1. The quantitative estimate of drug-likeness (QED) is 0.858. The molecule has 22 heavy (non-hydrogen) atoms. The molecular weight excluding hydrogens is 342 g/mol.